The quantitative estimate of drug-likeness (QED) is 0.470. The minimum absolute atomic E-state index is 1.03. The Morgan fingerprint density at radius 3 is 2.75 bits per heavy atom. The van der Waals surface area contributed by atoms with Gasteiger partial charge in [0, 0.05) is 0 Å². The maximum Gasteiger partial charge on any atom is -0.0110 e. The molecule has 0 aromatic carbocycles. The van der Waals surface area contributed by atoms with Crippen LogP contribution in [-0.4, -0.2) is 0 Å². The van der Waals surface area contributed by atoms with E-state index in [1.165, 1.54) is 11.1 Å². The lowest BCUT2D eigenvalue weighted by atomic mass is 10.1. The van der Waals surface area contributed by atoms with Crippen LogP contribution in [0, 0.1) is 0 Å². The predicted molar refractivity (Wildman–Crippen MR) is 51.7 cm³/mol. The van der Waals surface area contributed by atoms with Gasteiger partial charge in [-0.3, -0.25) is 0 Å². The standard InChI is InChI=1S/C12H10/c1-3-7-11-9-5-2-6-10-12(11)8-4-1/h1,3,5-10H,2H2. The van der Waals surface area contributed by atoms with Crippen molar-refractivity contribution in [3.8, 4) is 0 Å². The Hall–Kier alpha value is -1.52. The average Bonchev–Trinajstić information content (AvgIpc) is 2.38. The van der Waals surface area contributed by atoms with E-state index in [9.17, 15) is 0 Å². The second-order valence-corrected chi connectivity index (χ2v) is 2.79. The first-order valence-corrected chi connectivity index (χ1v) is 4.13. The summed E-state index contributed by atoms with van der Waals surface area (Å²) in [5.74, 6) is 0. The monoisotopic (exact) mass is 154 g/mol. The second kappa shape index (κ2) is 3.25. The third-order valence-corrected chi connectivity index (χ3v) is 1.91. The molecular weight excluding hydrogens is 144 g/mol. The topological polar surface area (TPSA) is 0 Å². The summed E-state index contributed by atoms with van der Waals surface area (Å²) in [6.07, 6.45) is 17.7. The molecule has 2 aliphatic rings. The Bertz CT molecular complexity index is 353. The molecule has 0 aromatic rings. The number of hydrogen-bond donors (Lipinski definition) is 0. The number of hydrogen-bond acceptors (Lipinski definition) is 0. The molecule has 0 aromatic heterocycles. The fourth-order valence-corrected chi connectivity index (χ4v) is 1.29. The molecule has 2 rings (SSSR count). The molecule has 0 saturated heterocycles. The summed E-state index contributed by atoms with van der Waals surface area (Å²) in [4.78, 5) is 0. The molecule has 0 amide bonds. The van der Waals surface area contributed by atoms with Crippen molar-refractivity contribution in [1.29, 1.82) is 0 Å². The first-order chi connectivity index (χ1) is 5.97. The minimum atomic E-state index is 1.03. The molecule has 0 saturated carbocycles. The summed E-state index contributed by atoms with van der Waals surface area (Å²) < 4.78 is 0. The van der Waals surface area contributed by atoms with E-state index in [1.807, 2.05) is 18.2 Å². The third-order valence-electron chi connectivity index (χ3n) is 1.91. The molecule has 0 atom stereocenters. The zero-order chi connectivity index (χ0) is 8.23. The Balaban J connectivity index is 2.52. The molecule has 0 heterocycles. The van der Waals surface area contributed by atoms with Gasteiger partial charge in [0.25, 0.3) is 0 Å². The van der Waals surface area contributed by atoms with Gasteiger partial charge < -0.3 is 0 Å². The van der Waals surface area contributed by atoms with E-state index in [0.29, 0.717) is 0 Å². The summed E-state index contributed by atoms with van der Waals surface area (Å²) in [7, 11) is 0. The van der Waals surface area contributed by atoms with Crippen LogP contribution in [0.1, 0.15) is 6.42 Å². The lowest BCUT2D eigenvalue weighted by Gasteiger charge is -1.95. The summed E-state index contributed by atoms with van der Waals surface area (Å²) in [5, 5.41) is 0. The van der Waals surface area contributed by atoms with Gasteiger partial charge in [0.15, 0.2) is 0 Å². The fraction of sp³-hybridized carbons (Fsp3) is 0.0833. The molecule has 2 aliphatic carbocycles. The second-order valence-electron chi connectivity index (χ2n) is 2.79. The van der Waals surface area contributed by atoms with Gasteiger partial charge in [-0.05, 0) is 29.7 Å². The molecule has 0 heteroatoms. The van der Waals surface area contributed by atoms with Crippen LogP contribution in [0.15, 0.2) is 65.5 Å². The highest BCUT2D eigenvalue weighted by Crippen LogP contribution is 2.16. The van der Waals surface area contributed by atoms with Gasteiger partial charge in [-0.2, -0.15) is 0 Å². The molecule has 0 N–H and O–H groups in total. The molecule has 58 valence electrons. The van der Waals surface area contributed by atoms with Crippen molar-refractivity contribution in [2.24, 2.45) is 0 Å². The largest absolute Gasteiger partial charge is 0.120 e. The van der Waals surface area contributed by atoms with Crippen LogP contribution >= 0.6 is 0 Å². The minimum Gasteiger partial charge on any atom is -0.120 e. The zero-order valence-electron chi connectivity index (χ0n) is 6.83. The van der Waals surface area contributed by atoms with Crippen LogP contribution in [0.25, 0.3) is 0 Å². The van der Waals surface area contributed by atoms with Crippen molar-refractivity contribution in [3.63, 3.8) is 0 Å². The lowest BCUT2D eigenvalue weighted by molar-refractivity contribution is 1.40. The zero-order valence-corrected chi connectivity index (χ0v) is 6.83. The van der Waals surface area contributed by atoms with Crippen LogP contribution < -0.4 is 0 Å². The molecule has 0 spiro atoms. The summed E-state index contributed by atoms with van der Waals surface area (Å²) in [5.41, 5.74) is 5.61. The number of allylic oxidation sites excluding steroid dienone is 9. The maximum atomic E-state index is 3.09. The number of rotatable bonds is 0. The van der Waals surface area contributed by atoms with Gasteiger partial charge in [0.2, 0.25) is 0 Å². The first kappa shape index (κ1) is 7.15. The van der Waals surface area contributed by atoms with Crippen LogP contribution in [0.2, 0.25) is 0 Å². The normalized spacial score (nSPS) is 19.3. The van der Waals surface area contributed by atoms with Crippen molar-refractivity contribution < 1.29 is 0 Å². The van der Waals surface area contributed by atoms with E-state index in [1.54, 1.807) is 0 Å². The van der Waals surface area contributed by atoms with Crippen LogP contribution in [0.3, 0.4) is 0 Å². The van der Waals surface area contributed by atoms with E-state index in [0.717, 1.165) is 6.42 Å². The highest BCUT2D eigenvalue weighted by molar-refractivity contribution is 5.49. The SMILES string of the molecule is C1=CC=CC2=C(C=1)C=CCC=C2. The van der Waals surface area contributed by atoms with Crippen molar-refractivity contribution in [2.75, 3.05) is 0 Å². The van der Waals surface area contributed by atoms with Crippen molar-refractivity contribution in [1.82, 2.24) is 0 Å². The molecule has 0 nitrogen and oxygen atoms in total. The van der Waals surface area contributed by atoms with Crippen LogP contribution in [0.5, 0.6) is 0 Å². The highest BCUT2D eigenvalue weighted by Gasteiger charge is 1.97. The molecular formula is C12H10. The molecule has 0 radical (unpaired) electrons. The summed E-state index contributed by atoms with van der Waals surface area (Å²) in [6, 6.07) is 0. The molecule has 0 unspecified atom stereocenters. The maximum absolute atomic E-state index is 3.09. The fourth-order valence-electron chi connectivity index (χ4n) is 1.29. The van der Waals surface area contributed by atoms with E-state index < -0.39 is 0 Å². The highest BCUT2D eigenvalue weighted by atomic mass is 14.0. The van der Waals surface area contributed by atoms with Crippen molar-refractivity contribution in [2.45, 2.75) is 6.42 Å². The van der Waals surface area contributed by atoms with Gasteiger partial charge in [0.05, 0.1) is 0 Å². The Kier molecular flexibility index (Phi) is 1.94. The Labute approximate surface area is 72.6 Å². The first-order valence-electron chi connectivity index (χ1n) is 4.13. The molecule has 0 aliphatic heterocycles. The van der Waals surface area contributed by atoms with Gasteiger partial charge in [-0.15, -0.1) is 5.73 Å². The molecule has 0 fully saturated rings. The van der Waals surface area contributed by atoms with E-state index >= 15 is 0 Å². The molecule has 12 heavy (non-hydrogen) atoms. The average molecular weight is 154 g/mol. The third kappa shape index (κ3) is 1.39. The predicted octanol–water partition coefficient (Wildman–Crippen LogP) is 3.08. The van der Waals surface area contributed by atoms with E-state index in [4.69, 9.17) is 0 Å². The van der Waals surface area contributed by atoms with Crippen LogP contribution in [-0.2, 0) is 0 Å². The van der Waals surface area contributed by atoms with Crippen molar-refractivity contribution in [3.05, 3.63) is 65.5 Å². The van der Waals surface area contributed by atoms with Gasteiger partial charge in [-0.25, -0.2) is 0 Å². The van der Waals surface area contributed by atoms with E-state index in [-0.39, 0.29) is 0 Å². The summed E-state index contributed by atoms with van der Waals surface area (Å²) >= 11 is 0. The Morgan fingerprint density at radius 1 is 1.00 bits per heavy atom. The van der Waals surface area contributed by atoms with Crippen LogP contribution in [0.4, 0.5) is 0 Å². The van der Waals surface area contributed by atoms with Gasteiger partial charge in [-0.1, -0.05) is 36.5 Å². The Morgan fingerprint density at radius 2 is 1.83 bits per heavy atom. The van der Waals surface area contributed by atoms with Gasteiger partial charge in [0.1, 0.15) is 0 Å². The lowest BCUT2D eigenvalue weighted by Crippen LogP contribution is -1.76. The van der Waals surface area contributed by atoms with E-state index in [2.05, 4.69) is 36.1 Å². The molecule has 0 bridgehead atoms. The summed E-state index contributed by atoms with van der Waals surface area (Å²) in [6.45, 7) is 0. The van der Waals surface area contributed by atoms with Gasteiger partial charge >= 0.3 is 0 Å². The van der Waals surface area contributed by atoms with Crippen molar-refractivity contribution >= 4 is 0 Å². The smallest absolute Gasteiger partial charge is 0.0110 e.